The lowest BCUT2D eigenvalue weighted by Gasteiger charge is -2.35. The zero-order valence-electron chi connectivity index (χ0n) is 43.4. The standard InChI is InChI=1S/C59H100N4O4/c1-4-7-10-13-16-19-22-25-28-34-49-60-55(64)43-46-59(47-44-56(65)61-50-35-29-26-23-20-17-14-11-8-5-2,48-45-57(66)62-51-36-30-27-24-21-18-15-12-9-6-3)63-58(67)54-41-39-53(40-42-54)52-37-32-31-33-38-52/h31-33,37-42H,4-30,34-36,43-51H2,1-3H3,(H,60,64)(H,61,65)(H,62,66)(H,63,67). The summed E-state index contributed by atoms with van der Waals surface area (Å²) >= 11 is 0. The molecule has 0 aliphatic heterocycles. The molecule has 0 unspecified atom stereocenters. The quantitative estimate of drug-likeness (QED) is 0.0495. The van der Waals surface area contributed by atoms with Gasteiger partial charge in [-0.05, 0) is 61.8 Å². The van der Waals surface area contributed by atoms with E-state index in [1.807, 2.05) is 54.6 Å². The molecule has 0 bridgehead atoms. The van der Waals surface area contributed by atoms with Crippen LogP contribution in [0.4, 0.5) is 0 Å². The second-order valence-electron chi connectivity index (χ2n) is 19.8. The molecule has 8 heteroatoms. The number of nitrogens with one attached hydrogen (secondary N) is 4. The first-order chi connectivity index (χ1) is 32.8. The van der Waals surface area contributed by atoms with Crippen LogP contribution in [0.25, 0.3) is 11.1 Å². The summed E-state index contributed by atoms with van der Waals surface area (Å²) in [6, 6.07) is 17.6. The lowest BCUT2D eigenvalue weighted by Crippen LogP contribution is -2.50. The minimum atomic E-state index is -0.938. The number of rotatable bonds is 45. The van der Waals surface area contributed by atoms with Gasteiger partial charge in [-0.1, -0.05) is 237 Å². The van der Waals surface area contributed by atoms with E-state index in [9.17, 15) is 19.2 Å². The smallest absolute Gasteiger partial charge is 0.251 e. The minimum Gasteiger partial charge on any atom is -0.356 e. The maximum Gasteiger partial charge on any atom is 0.251 e. The van der Waals surface area contributed by atoms with Crippen molar-refractivity contribution in [1.29, 1.82) is 0 Å². The van der Waals surface area contributed by atoms with Crippen molar-refractivity contribution in [1.82, 2.24) is 21.3 Å². The second-order valence-corrected chi connectivity index (χ2v) is 19.8. The molecule has 380 valence electrons. The number of benzene rings is 2. The van der Waals surface area contributed by atoms with Gasteiger partial charge in [0.25, 0.3) is 5.91 Å². The zero-order chi connectivity index (χ0) is 48.3. The van der Waals surface area contributed by atoms with Crippen LogP contribution in [-0.2, 0) is 14.4 Å². The van der Waals surface area contributed by atoms with Crippen molar-refractivity contribution in [3.05, 3.63) is 60.2 Å². The van der Waals surface area contributed by atoms with E-state index >= 15 is 0 Å². The first-order valence-corrected chi connectivity index (χ1v) is 28.1. The van der Waals surface area contributed by atoms with Crippen LogP contribution >= 0.6 is 0 Å². The highest BCUT2D eigenvalue weighted by molar-refractivity contribution is 5.95. The monoisotopic (exact) mass is 929 g/mol. The van der Waals surface area contributed by atoms with E-state index in [-0.39, 0.29) is 42.9 Å². The zero-order valence-corrected chi connectivity index (χ0v) is 43.4. The summed E-state index contributed by atoms with van der Waals surface area (Å²) in [5.74, 6) is -0.435. The van der Waals surface area contributed by atoms with Gasteiger partial charge in [-0.3, -0.25) is 19.2 Å². The molecule has 2 aromatic carbocycles. The highest BCUT2D eigenvalue weighted by atomic mass is 16.2. The minimum absolute atomic E-state index is 0.0578. The van der Waals surface area contributed by atoms with E-state index in [1.165, 1.54) is 154 Å². The lowest BCUT2D eigenvalue weighted by atomic mass is 9.82. The first-order valence-electron chi connectivity index (χ1n) is 28.1. The van der Waals surface area contributed by atoms with Crippen molar-refractivity contribution in [3.8, 4) is 11.1 Å². The fraction of sp³-hybridized carbons (Fsp3) is 0.729. The molecule has 0 saturated heterocycles. The molecule has 2 aromatic rings. The Morgan fingerprint density at radius 1 is 0.358 bits per heavy atom. The molecular weight excluding hydrogens is 829 g/mol. The lowest BCUT2D eigenvalue weighted by molar-refractivity contribution is -0.121. The third-order valence-corrected chi connectivity index (χ3v) is 13.7. The number of unbranched alkanes of at least 4 members (excludes halogenated alkanes) is 27. The topological polar surface area (TPSA) is 116 Å². The summed E-state index contributed by atoms with van der Waals surface area (Å²) in [5, 5.41) is 12.7. The average Bonchev–Trinajstić information content (AvgIpc) is 3.34. The highest BCUT2D eigenvalue weighted by Crippen LogP contribution is 2.28. The molecular formula is C59H100N4O4. The van der Waals surface area contributed by atoms with E-state index in [4.69, 9.17) is 0 Å². The molecule has 0 aliphatic carbocycles. The molecule has 8 nitrogen and oxygen atoms in total. The molecule has 0 heterocycles. The third kappa shape index (κ3) is 31.9. The van der Waals surface area contributed by atoms with E-state index in [2.05, 4.69) is 42.0 Å². The van der Waals surface area contributed by atoms with Crippen LogP contribution in [0.1, 0.15) is 262 Å². The van der Waals surface area contributed by atoms with Gasteiger partial charge in [0.2, 0.25) is 17.7 Å². The molecule has 67 heavy (non-hydrogen) atoms. The van der Waals surface area contributed by atoms with Gasteiger partial charge in [0.15, 0.2) is 0 Å². The Bertz CT molecular complexity index is 1410. The van der Waals surface area contributed by atoms with Crippen LogP contribution < -0.4 is 21.3 Å². The maximum absolute atomic E-state index is 14.2. The first kappa shape index (κ1) is 59.4. The van der Waals surface area contributed by atoms with Gasteiger partial charge in [-0.2, -0.15) is 0 Å². The Morgan fingerprint density at radius 3 is 0.955 bits per heavy atom. The van der Waals surface area contributed by atoms with Crippen LogP contribution in [0.15, 0.2) is 54.6 Å². The van der Waals surface area contributed by atoms with E-state index in [0.717, 1.165) is 49.7 Å². The Hall–Kier alpha value is -3.68. The van der Waals surface area contributed by atoms with Gasteiger partial charge in [0, 0.05) is 50.0 Å². The summed E-state index contributed by atoms with van der Waals surface area (Å²) in [7, 11) is 0. The van der Waals surface area contributed by atoms with Crippen LogP contribution in [0, 0.1) is 0 Å². The van der Waals surface area contributed by atoms with E-state index in [0.29, 0.717) is 44.5 Å². The molecule has 0 spiro atoms. The summed E-state index contributed by atoms with van der Waals surface area (Å²) in [4.78, 5) is 54.5. The van der Waals surface area contributed by atoms with Crippen molar-refractivity contribution in [3.63, 3.8) is 0 Å². The van der Waals surface area contributed by atoms with E-state index in [1.54, 1.807) is 0 Å². The molecule has 0 saturated carbocycles. The van der Waals surface area contributed by atoms with Gasteiger partial charge in [-0.25, -0.2) is 0 Å². The summed E-state index contributed by atoms with van der Waals surface area (Å²) in [5.41, 5.74) is 1.65. The molecule has 0 fully saturated rings. The number of amides is 4. The summed E-state index contributed by atoms with van der Waals surface area (Å²) < 4.78 is 0. The summed E-state index contributed by atoms with van der Waals surface area (Å²) in [6.07, 6.45) is 38.7. The van der Waals surface area contributed by atoms with Gasteiger partial charge in [0.1, 0.15) is 0 Å². The number of hydrogen-bond donors (Lipinski definition) is 4. The fourth-order valence-corrected chi connectivity index (χ4v) is 9.16. The predicted molar refractivity (Wildman–Crippen MR) is 284 cm³/mol. The SMILES string of the molecule is CCCCCCCCCCCCNC(=O)CCC(CCC(=O)NCCCCCCCCCCCC)(CCC(=O)NCCCCCCCCCCCC)NC(=O)c1ccc(-c2ccccc2)cc1. The Labute approximate surface area is 410 Å². The third-order valence-electron chi connectivity index (χ3n) is 13.7. The Balaban J connectivity index is 2.08. The van der Waals surface area contributed by atoms with Crippen LogP contribution in [0.3, 0.4) is 0 Å². The van der Waals surface area contributed by atoms with Crippen LogP contribution in [-0.4, -0.2) is 48.8 Å². The predicted octanol–water partition coefficient (Wildman–Crippen LogP) is 15.3. The average molecular weight is 929 g/mol. The second kappa shape index (κ2) is 41.3. The van der Waals surface area contributed by atoms with Crippen molar-refractivity contribution >= 4 is 23.6 Å². The van der Waals surface area contributed by atoms with Crippen molar-refractivity contribution in [2.75, 3.05) is 19.6 Å². The largest absolute Gasteiger partial charge is 0.356 e. The number of hydrogen-bond acceptors (Lipinski definition) is 4. The Morgan fingerprint density at radius 2 is 0.642 bits per heavy atom. The van der Waals surface area contributed by atoms with Crippen molar-refractivity contribution in [2.24, 2.45) is 0 Å². The normalized spacial score (nSPS) is 11.4. The Kier molecular flexibility index (Phi) is 36.6. The molecule has 0 atom stereocenters. The van der Waals surface area contributed by atoms with Crippen LogP contribution in [0.2, 0.25) is 0 Å². The number of carbonyl (C=O) groups is 4. The maximum atomic E-state index is 14.2. The van der Waals surface area contributed by atoms with Gasteiger partial charge >= 0.3 is 0 Å². The number of carbonyl (C=O) groups excluding carboxylic acids is 4. The van der Waals surface area contributed by atoms with E-state index < -0.39 is 5.54 Å². The fourth-order valence-electron chi connectivity index (χ4n) is 9.16. The van der Waals surface area contributed by atoms with Gasteiger partial charge in [0.05, 0.1) is 0 Å². The van der Waals surface area contributed by atoms with Gasteiger partial charge < -0.3 is 21.3 Å². The van der Waals surface area contributed by atoms with Crippen molar-refractivity contribution < 1.29 is 19.2 Å². The summed E-state index contributed by atoms with van der Waals surface area (Å²) in [6.45, 7) is 8.65. The molecule has 4 N–H and O–H groups in total. The molecule has 0 aromatic heterocycles. The van der Waals surface area contributed by atoms with Crippen LogP contribution in [0.5, 0.6) is 0 Å². The molecule has 4 amide bonds. The molecule has 2 rings (SSSR count). The molecule has 0 radical (unpaired) electrons. The van der Waals surface area contributed by atoms with Crippen molar-refractivity contribution in [2.45, 2.75) is 257 Å². The highest BCUT2D eigenvalue weighted by Gasteiger charge is 2.34. The van der Waals surface area contributed by atoms with Gasteiger partial charge in [-0.15, -0.1) is 0 Å². The molecule has 0 aliphatic rings.